The summed E-state index contributed by atoms with van der Waals surface area (Å²) in [4.78, 5) is 10.8. The Bertz CT molecular complexity index is 273. The molecule has 4 N–H and O–H groups in total. The summed E-state index contributed by atoms with van der Waals surface area (Å²) in [5.41, 5.74) is 10.2. The van der Waals surface area contributed by atoms with E-state index in [4.69, 9.17) is 11.5 Å². The molecule has 0 rings (SSSR count). The van der Waals surface area contributed by atoms with Crippen molar-refractivity contribution in [1.29, 1.82) is 0 Å². The average molecular weight is 208 g/mol. The van der Waals surface area contributed by atoms with Crippen LogP contribution >= 0.6 is 0 Å². The van der Waals surface area contributed by atoms with Crippen molar-refractivity contribution in [2.24, 2.45) is 11.5 Å². The molecule has 0 saturated carbocycles. The van der Waals surface area contributed by atoms with Gasteiger partial charge in [0.15, 0.2) is 9.84 Å². The van der Waals surface area contributed by atoms with Gasteiger partial charge in [-0.1, -0.05) is 6.92 Å². The molecule has 2 atom stereocenters. The van der Waals surface area contributed by atoms with Gasteiger partial charge in [-0.15, -0.1) is 0 Å². The zero-order chi connectivity index (χ0) is 10.6. The normalized spacial score (nSPS) is 16.5. The fourth-order valence-electron chi connectivity index (χ4n) is 1.01. The molecule has 0 spiro atoms. The fourth-order valence-corrected chi connectivity index (χ4v) is 2.63. The molecule has 0 bridgehead atoms. The van der Waals surface area contributed by atoms with Gasteiger partial charge in [-0.05, 0) is 13.3 Å². The molecule has 2 unspecified atom stereocenters. The first-order valence-corrected chi connectivity index (χ1v) is 5.70. The van der Waals surface area contributed by atoms with E-state index in [1.54, 1.807) is 6.92 Å². The highest BCUT2D eigenvalue weighted by Crippen LogP contribution is 2.11. The third kappa shape index (κ3) is 2.67. The molecule has 0 aromatic heterocycles. The smallest absolute Gasteiger partial charge is 0.235 e. The Morgan fingerprint density at radius 3 is 2.15 bits per heavy atom. The Hall–Kier alpha value is -0.620. The molecular formula is C7H16N2O3S. The maximum Gasteiger partial charge on any atom is 0.235 e. The lowest BCUT2D eigenvalue weighted by Gasteiger charge is -2.16. The summed E-state index contributed by atoms with van der Waals surface area (Å²) in [6.07, 6.45) is 0.196. The second kappa shape index (κ2) is 4.57. The van der Waals surface area contributed by atoms with Gasteiger partial charge in [0, 0.05) is 6.54 Å². The molecule has 0 fully saturated rings. The van der Waals surface area contributed by atoms with Crippen molar-refractivity contribution in [2.45, 2.75) is 30.8 Å². The van der Waals surface area contributed by atoms with E-state index in [1.807, 2.05) is 0 Å². The summed E-state index contributed by atoms with van der Waals surface area (Å²) in [5, 5.41) is -1.82. The molecule has 6 heteroatoms. The van der Waals surface area contributed by atoms with Crippen molar-refractivity contribution >= 4 is 15.7 Å². The molecule has 0 aliphatic heterocycles. The number of hydrogen-bond acceptors (Lipinski definition) is 4. The lowest BCUT2D eigenvalue weighted by atomic mass is 10.3. The second-order valence-corrected chi connectivity index (χ2v) is 5.49. The van der Waals surface area contributed by atoms with Crippen LogP contribution in [-0.2, 0) is 14.6 Å². The van der Waals surface area contributed by atoms with Crippen molar-refractivity contribution in [3.8, 4) is 0 Å². The number of primary amides is 1. The van der Waals surface area contributed by atoms with Crippen molar-refractivity contribution in [1.82, 2.24) is 0 Å². The minimum absolute atomic E-state index is 0.00606. The SMILES string of the molecule is CCC(C(N)=O)S(=O)(=O)C(C)CN. The number of sulfone groups is 1. The molecule has 1 amide bonds. The summed E-state index contributed by atoms with van der Waals surface area (Å²) < 4.78 is 23.1. The van der Waals surface area contributed by atoms with Crippen LogP contribution in [0.1, 0.15) is 20.3 Å². The number of carbonyl (C=O) groups excluding carboxylic acids is 1. The van der Waals surface area contributed by atoms with E-state index in [1.165, 1.54) is 6.92 Å². The predicted molar refractivity (Wildman–Crippen MR) is 50.7 cm³/mol. The third-order valence-electron chi connectivity index (χ3n) is 1.98. The van der Waals surface area contributed by atoms with Gasteiger partial charge in [0.25, 0.3) is 0 Å². The van der Waals surface area contributed by atoms with E-state index in [0.717, 1.165) is 0 Å². The van der Waals surface area contributed by atoms with Crippen LogP contribution in [0.25, 0.3) is 0 Å². The summed E-state index contributed by atoms with van der Waals surface area (Å²) in [5.74, 6) is -0.803. The van der Waals surface area contributed by atoms with Gasteiger partial charge in [0.1, 0.15) is 5.25 Å². The molecule has 0 aliphatic carbocycles. The van der Waals surface area contributed by atoms with Crippen LogP contribution in [0, 0.1) is 0 Å². The first-order valence-electron chi connectivity index (χ1n) is 4.10. The Morgan fingerprint density at radius 2 is 1.92 bits per heavy atom. The summed E-state index contributed by atoms with van der Waals surface area (Å²) in [6, 6.07) is 0. The van der Waals surface area contributed by atoms with Crippen molar-refractivity contribution in [3.05, 3.63) is 0 Å². The molecule has 78 valence electrons. The Labute approximate surface area is 78.4 Å². The number of rotatable bonds is 5. The molecule has 5 nitrogen and oxygen atoms in total. The highest BCUT2D eigenvalue weighted by molar-refractivity contribution is 7.93. The van der Waals surface area contributed by atoms with Gasteiger partial charge in [0.2, 0.25) is 5.91 Å². The van der Waals surface area contributed by atoms with Gasteiger partial charge in [0.05, 0.1) is 5.25 Å². The van der Waals surface area contributed by atoms with Crippen LogP contribution in [0.5, 0.6) is 0 Å². The maximum atomic E-state index is 11.6. The summed E-state index contributed by atoms with van der Waals surface area (Å²) in [7, 11) is -3.50. The molecule has 0 heterocycles. The Morgan fingerprint density at radius 1 is 1.46 bits per heavy atom. The van der Waals surface area contributed by atoms with Crippen molar-refractivity contribution in [3.63, 3.8) is 0 Å². The van der Waals surface area contributed by atoms with Gasteiger partial charge in [-0.25, -0.2) is 8.42 Å². The number of nitrogens with two attached hydrogens (primary N) is 2. The van der Waals surface area contributed by atoms with Crippen LogP contribution < -0.4 is 11.5 Å². The average Bonchev–Trinajstić information content (AvgIpc) is 2.02. The quantitative estimate of drug-likeness (QED) is 0.605. The van der Waals surface area contributed by atoms with Crippen molar-refractivity contribution in [2.75, 3.05) is 6.54 Å². The highest BCUT2D eigenvalue weighted by Gasteiger charge is 2.33. The molecule has 0 aromatic rings. The highest BCUT2D eigenvalue weighted by atomic mass is 32.2. The fraction of sp³-hybridized carbons (Fsp3) is 0.857. The van der Waals surface area contributed by atoms with E-state index in [-0.39, 0.29) is 13.0 Å². The topological polar surface area (TPSA) is 103 Å². The molecule has 0 aliphatic rings. The van der Waals surface area contributed by atoms with Crippen LogP contribution in [0.4, 0.5) is 0 Å². The zero-order valence-electron chi connectivity index (χ0n) is 7.86. The largest absolute Gasteiger partial charge is 0.369 e. The van der Waals surface area contributed by atoms with Crippen molar-refractivity contribution < 1.29 is 13.2 Å². The maximum absolute atomic E-state index is 11.6. The van der Waals surface area contributed by atoms with Gasteiger partial charge in [-0.2, -0.15) is 0 Å². The number of amides is 1. The van der Waals surface area contributed by atoms with Crippen LogP contribution in [-0.4, -0.2) is 31.4 Å². The molecule has 0 saturated heterocycles. The molecule has 0 radical (unpaired) electrons. The first kappa shape index (κ1) is 12.4. The van der Waals surface area contributed by atoms with Crippen LogP contribution in [0.3, 0.4) is 0 Å². The lowest BCUT2D eigenvalue weighted by Crippen LogP contribution is -2.42. The summed E-state index contributed by atoms with van der Waals surface area (Å²) in [6.45, 7) is 3.09. The lowest BCUT2D eigenvalue weighted by molar-refractivity contribution is -0.117. The zero-order valence-corrected chi connectivity index (χ0v) is 8.67. The van der Waals surface area contributed by atoms with E-state index in [2.05, 4.69) is 0 Å². The van der Waals surface area contributed by atoms with Crippen LogP contribution in [0.2, 0.25) is 0 Å². The van der Waals surface area contributed by atoms with Gasteiger partial charge in [-0.3, -0.25) is 4.79 Å². The minimum atomic E-state index is -3.50. The second-order valence-electron chi connectivity index (χ2n) is 2.93. The first-order chi connectivity index (χ1) is 5.87. The molecular weight excluding hydrogens is 192 g/mol. The van der Waals surface area contributed by atoms with Gasteiger partial charge >= 0.3 is 0 Å². The minimum Gasteiger partial charge on any atom is -0.369 e. The predicted octanol–water partition coefficient (Wildman–Crippen LogP) is -0.988. The number of carbonyl (C=O) groups is 1. The van der Waals surface area contributed by atoms with E-state index >= 15 is 0 Å². The van der Waals surface area contributed by atoms with E-state index in [0.29, 0.717) is 0 Å². The monoisotopic (exact) mass is 208 g/mol. The van der Waals surface area contributed by atoms with Gasteiger partial charge < -0.3 is 11.5 Å². The number of hydrogen-bond donors (Lipinski definition) is 2. The van der Waals surface area contributed by atoms with Crippen LogP contribution in [0.15, 0.2) is 0 Å². The Balaban J connectivity index is 4.90. The molecule has 0 aromatic carbocycles. The molecule has 13 heavy (non-hydrogen) atoms. The van der Waals surface area contributed by atoms with E-state index in [9.17, 15) is 13.2 Å². The summed E-state index contributed by atoms with van der Waals surface area (Å²) >= 11 is 0. The van der Waals surface area contributed by atoms with E-state index < -0.39 is 26.2 Å². The Kier molecular flexibility index (Phi) is 4.35. The standard InChI is InChI=1S/C7H16N2O3S/c1-3-6(7(9)10)13(11,12)5(2)4-8/h5-6H,3-4,8H2,1-2H3,(H2,9,10). The third-order valence-corrected chi connectivity index (χ3v) is 4.65.